The highest BCUT2D eigenvalue weighted by molar-refractivity contribution is 6.09. The Morgan fingerprint density at radius 3 is 2.33 bits per heavy atom. The molecule has 2 nitrogen and oxygen atoms in total. The Kier molecular flexibility index (Phi) is 5.07. The molecule has 1 aliphatic heterocycles. The zero-order valence-electron chi connectivity index (χ0n) is 18.0. The smallest absolute Gasteiger partial charge is 0.209 e. The van der Waals surface area contributed by atoms with Crippen LogP contribution < -0.4 is 12.4 Å². The first-order valence-electron chi connectivity index (χ1n) is 10.4. The summed E-state index contributed by atoms with van der Waals surface area (Å²) in [5.41, 5.74) is 7.89. The van der Waals surface area contributed by atoms with Crippen molar-refractivity contribution < 1.29 is 17.0 Å². The third kappa shape index (κ3) is 2.90. The highest BCUT2D eigenvalue weighted by Crippen LogP contribution is 2.39. The van der Waals surface area contributed by atoms with Gasteiger partial charge in [-0.2, -0.15) is 4.58 Å². The third-order valence-electron chi connectivity index (χ3n) is 6.49. The Hall–Kier alpha value is -2.84. The predicted molar refractivity (Wildman–Crippen MR) is 124 cm³/mol. The van der Waals surface area contributed by atoms with Gasteiger partial charge < -0.3 is 17.0 Å². The maximum absolute atomic E-state index is 2.40. The molecule has 0 fully saturated rings. The lowest BCUT2D eigenvalue weighted by Gasteiger charge is -2.15. The average Bonchev–Trinajstić information content (AvgIpc) is 3.16. The summed E-state index contributed by atoms with van der Waals surface area (Å²) in [7, 11) is 2.17. The first kappa shape index (κ1) is 20.4. The van der Waals surface area contributed by atoms with Crippen LogP contribution in [0.4, 0.5) is 5.69 Å². The molecule has 0 bridgehead atoms. The molecule has 3 heteroatoms. The Labute approximate surface area is 184 Å². The van der Waals surface area contributed by atoms with Crippen molar-refractivity contribution >= 4 is 39.3 Å². The van der Waals surface area contributed by atoms with Crippen molar-refractivity contribution in [3.05, 3.63) is 83.9 Å². The molecule has 0 amide bonds. The number of halogens is 1. The third-order valence-corrected chi connectivity index (χ3v) is 6.49. The van der Waals surface area contributed by atoms with Crippen molar-refractivity contribution in [1.29, 1.82) is 0 Å². The molecule has 152 valence electrons. The van der Waals surface area contributed by atoms with E-state index in [4.69, 9.17) is 0 Å². The number of aryl methyl sites for hydroxylation is 1. The first-order chi connectivity index (χ1) is 14.0. The summed E-state index contributed by atoms with van der Waals surface area (Å²) in [6.07, 6.45) is 4.55. The molecular formula is C27H27ClN2. The number of fused-ring (bicyclic) bond motifs is 4. The summed E-state index contributed by atoms with van der Waals surface area (Å²) in [6.45, 7) is 7.82. The van der Waals surface area contributed by atoms with E-state index < -0.39 is 0 Å². The fourth-order valence-electron chi connectivity index (χ4n) is 4.99. The minimum atomic E-state index is 0. The molecule has 0 saturated carbocycles. The molecule has 0 saturated heterocycles. The van der Waals surface area contributed by atoms with E-state index in [0.29, 0.717) is 0 Å². The zero-order chi connectivity index (χ0) is 20.2. The number of aromatic nitrogens is 1. The lowest BCUT2D eigenvalue weighted by Crippen LogP contribution is -3.00. The number of allylic oxidation sites excluding steroid dienone is 1. The maximum atomic E-state index is 2.40. The van der Waals surface area contributed by atoms with Crippen LogP contribution in [0.5, 0.6) is 0 Å². The molecule has 0 radical (unpaired) electrons. The van der Waals surface area contributed by atoms with Crippen LogP contribution in [-0.4, -0.2) is 21.9 Å². The molecule has 1 aliphatic rings. The lowest BCUT2D eigenvalue weighted by molar-refractivity contribution is -0.401. The second-order valence-corrected chi connectivity index (χ2v) is 8.46. The van der Waals surface area contributed by atoms with Gasteiger partial charge in [0.05, 0.1) is 5.41 Å². The minimum absolute atomic E-state index is 0. The van der Waals surface area contributed by atoms with Crippen LogP contribution in [0.25, 0.3) is 27.9 Å². The van der Waals surface area contributed by atoms with E-state index >= 15 is 0 Å². The Morgan fingerprint density at radius 2 is 1.57 bits per heavy atom. The van der Waals surface area contributed by atoms with Crippen molar-refractivity contribution in [2.75, 3.05) is 7.05 Å². The number of hydrogen-bond acceptors (Lipinski definition) is 0. The Morgan fingerprint density at radius 1 is 0.867 bits per heavy atom. The summed E-state index contributed by atoms with van der Waals surface area (Å²) >= 11 is 0. The van der Waals surface area contributed by atoms with E-state index in [9.17, 15) is 0 Å². The summed E-state index contributed by atoms with van der Waals surface area (Å²) in [4.78, 5) is 0. The van der Waals surface area contributed by atoms with E-state index in [1.165, 1.54) is 44.3 Å². The minimum Gasteiger partial charge on any atom is -1.00 e. The van der Waals surface area contributed by atoms with E-state index in [1.807, 2.05) is 0 Å². The van der Waals surface area contributed by atoms with Crippen LogP contribution in [0.1, 0.15) is 31.9 Å². The van der Waals surface area contributed by atoms with Crippen LogP contribution >= 0.6 is 0 Å². The normalized spacial score (nSPS) is 15.2. The molecule has 2 heterocycles. The van der Waals surface area contributed by atoms with Crippen LogP contribution in [0.3, 0.4) is 0 Å². The average molecular weight is 415 g/mol. The summed E-state index contributed by atoms with van der Waals surface area (Å²) in [6, 6.07) is 24.3. The van der Waals surface area contributed by atoms with E-state index in [0.717, 1.165) is 6.54 Å². The van der Waals surface area contributed by atoms with Crippen LogP contribution in [0.2, 0.25) is 0 Å². The van der Waals surface area contributed by atoms with Crippen molar-refractivity contribution in [3.63, 3.8) is 0 Å². The molecule has 4 aromatic rings. The number of para-hydroxylation sites is 2. The van der Waals surface area contributed by atoms with Gasteiger partial charge in [0.15, 0.2) is 5.71 Å². The summed E-state index contributed by atoms with van der Waals surface area (Å²) in [5, 5.41) is 2.66. The van der Waals surface area contributed by atoms with E-state index in [2.05, 4.69) is 116 Å². The van der Waals surface area contributed by atoms with Gasteiger partial charge in [-0.05, 0) is 50.6 Å². The van der Waals surface area contributed by atoms with E-state index in [-0.39, 0.29) is 17.8 Å². The van der Waals surface area contributed by atoms with Crippen molar-refractivity contribution in [1.82, 2.24) is 4.57 Å². The first-order valence-corrected chi connectivity index (χ1v) is 10.4. The highest BCUT2D eigenvalue weighted by Gasteiger charge is 2.42. The Bertz CT molecular complexity index is 1320. The van der Waals surface area contributed by atoms with Gasteiger partial charge in [0.1, 0.15) is 7.05 Å². The molecule has 0 spiro atoms. The SMILES string of the molecule is CCn1c2ccccc2c2cc(C=CC3=[N+](C)c4ccccc4C3(C)C)ccc21.[Cl-]. The monoisotopic (exact) mass is 414 g/mol. The molecular weight excluding hydrogens is 388 g/mol. The van der Waals surface area contributed by atoms with Gasteiger partial charge >= 0.3 is 0 Å². The molecule has 1 aromatic heterocycles. The van der Waals surface area contributed by atoms with Gasteiger partial charge in [0.25, 0.3) is 0 Å². The van der Waals surface area contributed by atoms with Gasteiger partial charge in [0, 0.05) is 46.1 Å². The number of benzene rings is 3. The second kappa shape index (κ2) is 7.45. The van der Waals surface area contributed by atoms with Crippen LogP contribution in [-0.2, 0) is 12.0 Å². The molecule has 5 rings (SSSR count). The van der Waals surface area contributed by atoms with Gasteiger partial charge in [-0.3, -0.25) is 0 Å². The van der Waals surface area contributed by atoms with Crippen LogP contribution in [0.15, 0.2) is 72.8 Å². The molecule has 0 aliphatic carbocycles. The van der Waals surface area contributed by atoms with Crippen molar-refractivity contribution in [2.45, 2.75) is 32.7 Å². The number of hydrogen-bond donors (Lipinski definition) is 0. The zero-order valence-corrected chi connectivity index (χ0v) is 18.7. The Balaban J connectivity index is 0.00000218. The molecule has 0 N–H and O–H groups in total. The summed E-state index contributed by atoms with van der Waals surface area (Å²) < 4.78 is 4.73. The van der Waals surface area contributed by atoms with Crippen molar-refractivity contribution in [3.8, 4) is 0 Å². The molecule has 0 atom stereocenters. The van der Waals surface area contributed by atoms with Crippen LogP contribution in [0, 0.1) is 0 Å². The fourth-order valence-corrected chi connectivity index (χ4v) is 4.99. The fraction of sp³-hybridized carbons (Fsp3) is 0.222. The highest BCUT2D eigenvalue weighted by atomic mass is 35.5. The number of nitrogens with zero attached hydrogens (tertiary/aromatic N) is 2. The van der Waals surface area contributed by atoms with Gasteiger partial charge in [-0.1, -0.05) is 42.5 Å². The van der Waals surface area contributed by atoms with E-state index in [1.54, 1.807) is 0 Å². The predicted octanol–water partition coefficient (Wildman–Crippen LogP) is 3.54. The summed E-state index contributed by atoms with van der Waals surface area (Å²) in [5.74, 6) is 0. The maximum Gasteiger partial charge on any atom is 0.209 e. The lowest BCUT2D eigenvalue weighted by atomic mass is 9.81. The van der Waals surface area contributed by atoms with Gasteiger partial charge in [0.2, 0.25) is 5.69 Å². The molecule has 3 aromatic carbocycles. The molecule has 0 unspecified atom stereocenters. The molecule has 30 heavy (non-hydrogen) atoms. The largest absolute Gasteiger partial charge is 1.00 e. The quantitative estimate of drug-likeness (QED) is 0.453. The van der Waals surface area contributed by atoms with Crippen molar-refractivity contribution in [2.24, 2.45) is 0 Å². The van der Waals surface area contributed by atoms with Gasteiger partial charge in [-0.15, -0.1) is 0 Å². The van der Waals surface area contributed by atoms with Gasteiger partial charge in [-0.25, -0.2) is 0 Å². The standard InChI is InChI=1S/C27H27N2.ClH/c1-5-29-23-12-8-6-10-20(23)21-18-19(14-16-24(21)29)15-17-26-27(2,3)22-11-7-9-13-25(22)28(26)4;/h6-18H,5H2,1-4H3;1H/q+1;/p-1. The topological polar surface area (TPSA) is 7.94 Å². The number of rotatable bonds is 3. The second-order valence-electron chi connectivity index (χ2n) is 8.46.